The molecule has 9 nitrogen and oxygen atoms in total. The summed E-state index contributed by atoms with van der Waals surface area (Å²) in [6.07, 6.45) is -0.508. The average molecular weight is 638 g/mol. The molecule has 1 aromatic carbocycles. The van der Waals surface area contributed by atoms with Gasteiger partial charge < -0.3 is 20.4 Å². The summed E-state index contributed by atoms with van der Waals surface area (Å²) in [5.74, 6) is -6.06. The van der Waals surface area contributed by atoms with Crippen LogP contribution in [0.5, 0.6) is 0 Å². The molecule has 1 aromatic rings. The Morgan fingerprint density at radius 1 is 1.18 bits per heavy atom. The number of hydrogen-bond donors (Lipinski definition) is 2. The number of para-hydroxylation sites is 1. The molecule has 236 valence electrons. The first-order chi connectivity index (χ1) is 20.5. The second kappa shape index (κ2) is 10.1. The number of rotatable bonds is 4. The van der Waals surface area contributed by atoms with Gasteiger partial charge in [-0.15, -0.1) is 0 Å². The molecule has 6 rings (SSSR count). The lowest BCUT2D eigenvalue weighted by Crippen LogP contribution is -2.60. The highest BCUT2D eigenvalue weighted by molar-refractivity contribution is 6.32. The van der Waals surface area contributed by atoms with Crippen molar-refractivity contribution in [3.8, 4) is 6.07 Å². The highest BCUT2D eigenvalue weighted by Gasteiger charge is 2.65. The minimum absolute atomic E-state index is 0.0190. The molecular weight excluding hydrogens is 606 g/mol. The van der Waals surface area contributed by atoms with E-state index >= 15 is 4.39 Å². The van der Waals surface area contributed by atoms with Gasteiger partial charge in [-0.3, -0.25) is 19.2 Å². The van der Waals surface area contributed by atoms with Gasteiger partial charge in [-0.25, -0.2) is 8.78 Å². The zero-order chi connectivity index (χ0) is 32.1. The van der Waals surface area contributed by atoms with E-state index in [9.17, 15) is 37.6 Å². The Hall–Kier alpha value is -3.40. The second-order valence-corrected chi connectivity index (χ2v) is 14.3. The van der Waals surface area contributed by atoms with Crippen LogP contribution < -0.4 is 10.6 Å². The van der Waals surface area contributed by atoms with Gasteiger partial charge in [0.05, 0.1) is 17.2 Å². The monoisotopic (exact) mass is 637 g/mol. The minimum Gasteiger partial charge on any atom is -0.337 e. The molecule has 2 bridgehead atoms. The molecule has 2 aliphatic carbocycles. The summed E-state index contributed by atoms with van der Waals surface area (Å²) >= 11 is 4.94. The number of nitrogens with zero attached hydrogens (tertiary/aromatic N) is 3. The molecule has 2 saturated carbocycles. The van der Waals surface area contributed by atoms with Crippen molar-refractivity contribution in [2.45, 2.75) is 75.1 Å². The SMILES string of the molecule is CC(C)(C)C(NC(=O)C(F)(F)Cl)C(=O)N1CC2C3CC(F)C(C3)C2C1C(=O)N1CC2(CC1C#N)C(=O)Nc1c(F)cccc12. The number of halogens is 5. The maximum absolute atomic E-state index is 15.2. The Labute approximate surface area is 256 Å². The van der Waals surface area contributed by atoms with Crippen LogP contribution in [0.2, 0.25) is 0 Å². The van der Waals surface area contributed by atoms with E-state index in [2.05, 4.69) is 11.4 Å². The number of anilines is 1. The van der Waals surface area contributed by atoms with E-state index in [4.69, 9.17) is 11.6 Å². The Kier molecular flexibility index (Phi) is 7.00. The molecule has 4 fully saturated rings. The predicted molar refractivity (Wildman–Crippen MR) is 148 cm³/mol. The van der Waals surface area contributed by atoms with Crippen molar-refractivity contribution < 1.29 is 36.7 Å². The first-order valence-electron chi connectivity index (χ1n) is 14.6. The van der Waals surface area contributed by atoms with Gasteiger partial charge in [-0.2, -0.15) is 14.0 Å². The van der Waals surface area contributed by atoms with E-state index in [0.29, 0.717) is 12.0 Å². The number of fused-ring (bicyclic) bond motifs is 7. The van der Waals surface area contributed by atoms with E-state index < -0.39 is 81.8 Å². The van der Waals surface area contributed by atoms with Crippen LogP contribution in [0.3, 0.4) is 0 Å². The molecule has 3 aliphatic heterocycles. The normalized spacial score (nSPS) is 34.5. The molecule has 5 aliphatic rings. The molecule has 2 N–H and O–H groups in total. The van der Waals surface area contributed by atoms with Gasteiger partial charge in [0.2, 0.25) is 17.7 Å². The average Bonchev–Trinajstić information content (AvgIpc) is 3.73. The standard InChI is InChI=1S/C30H32ClF4N5O4/c1-28(2,3)23(38-27(44)30(31,34)35)25(42)39-11-16-13-7-15(19(33)8-13)20(16)22(39)24(41)40-12-29(9-14(40)10-36)17-5-4-6-18(32)21(17)37-26(29)43/h4-6,13-16,19-20,22-23H,7-9,11-12H2,1-3H3,(H,37,43)(H,38,44). The molecule has 9 atom stereocenters. The number of amides is 4. The molecule has 3 heterocycles. The van der Waals surface area contributed by atoms with Gasteiger partial charge in [0.1, 0.15) is 30.1 Å². The Balaban J connectivity index is 1.37. The minimum atomic E-state index is -4.29. The third kappa shape index (κ3) is 4.46. The van der Waals surface area contributed by atoms with Crippen molar-refractivity contribution in [2.24, 2.45) is 29.1 Å². The van der Waals surface area contributed by atoms with Crippen LogP contribution in [0, 0.1) is 46.2 Å². The van der Waals surface area contributed by atoms with Crippen LogP contribution in [-0.4, -0.2) is 76.2 Å². The van der Waals surface area contributed by atoms with Crippen molar-refractivity contribution in [3.05, 3.63) is 29.6 Å². The van der Waals surface area contributed by atoms with Crippen LogP contribution >= 0.6 is 11.6 Å². The fraction of sp³-hybridized carbons (Fsp3) is 0.633. The number of carbonyl (C=O) groups excluding carboxylic acids is 4. The summed E-state index contributed by atoms with van der Waals surface area (Å²) in [6.45, 7) is 4.44. The molecule has 14 heteroatoms. The van der Waals surface area contributed by atoms with Crippen LogP contribution in [-0.2, 0) is 24.6 Å². The molecule has 2 saturated heterocycles. The van der Waals surface area contributed by atoms with E-state index in [1.807, 2.05) is 5.32 Å². The molecule has 0 aromatic heterocycles. The quantitative estimate of drug-likeness (QED) is 0.388. The van der Waals surface area contributed by atoms with Crippen LogP contribution in [0.25, 0.3) is 0 Å². The zero-order valence-corrected chi connectivity index (χ0v) is 25.0. The van der Waals surface area contributed by atoms with Crippen LogP contribution in [0.4, 0.5) is 23.2 Å². The number of alkyl halides is 4. The number of benzene rings is 1. The van der Waals surface area contributed by atoms with Gasteiger partial charge in [0.25, 0.3) is 0 Å². The first kappa shape index (κ1) is 30.6. The van der Waals surface area contributed by atoms with Gasteiger partial charge in [-0.1, -0.05) is 32.9 Å². The van der Waals surface area contributed by atoms with E-state index in [-0.39, 0.29) is 43.5 Å². The maximum atomic E-state index is 15.2. The third-order valence-electron chi connectivity index (χ3n) is 10.4. The smallest absolute Gasteiger partial charge is 0.337 e. The second-order valence-electron chi connectivity index (χ2n) is 13.9. The fourth-order valence-electron chi connectivity index (χ4n) is 8.46. The number of carbonyl (C=O) groups is 4. The molecular formula is C30H32ClF4N5O4. The Morgan fingerprint density at radius 2 is 1.89 bits per heavy atom. The summed E-state index contributed by atoms with van der Waals surface area (Å²) < 4.78 is 57.1. The largest absolute Gasteiger partial charge is 0.399 e. The lowest BCUT2D eigenvalue weighted by molar-refractivity contribution is -0.150. The fourth-order valence-corrected chi connectivity index (χ4v) is 8.52. The lowest BCUT2D eigenvalue weighted by Gasteiger charge is -2.38. The van der Waals surface area contributed by atoms with Gasteiger partial charge in [0.15, 0.2) is 0 Å². The summed E-state index contributed by atoms with van der Waals surface area (Å²) in [5, 5.41) is 10.4. The number of nitrogens with one attached hydrogen (secondary N) is 2. The third-order valence-corrected chi connectivity index (χ3v) is 10.6. The molecule has 4 amide bonds. The highest BCUT2D eigenvalue weighted by Crippen LogP contribution is 2.59. The lowest BCUT2D eigenvalue weighted by atomic mass is 9.77. The molecule has 9 unspecified atom stereocenters. The van der Waals surface area contributed by atoms with E-state index in [1.165, 1.54) is 21.9 Å². The topological polar surface area (TPSA) is 123 Å². The van der Waals surface area contributed by atoms with E-state index in [1.54, 1.807) is 26.8 Å². The van der Waals surface area contributed by atoms with Gasteiger partial charge in [-0.05, 0) is 65.2 Å². The van der Waals surface area contributed by atoms with Crippen molar-refractivity contribution in [2.75, 3.05) is 18.4 Å². The zero-order valence-electron chi connectivity index (χ0n) is 24.3. The highest BCUT2D eigenvalue weighted by atomic mass is 35.5. The van der Waals surface area contributed by atoms with Crippen LogP contribution in [0.1, 0.15) is 45.6 Å². The summed E-state index contributed by atoms with van der Waals surface area (Å²) in [6, 6.07) is 2.36. The van der Waals surface area contributed by atoms with Crippen molar-refractivity contribution in [1.82, 2.24) is 15.1 Å². The van der Waals surface area contributed by atoms with Crippen molar-refractivity contribution >= 4 is 40.9 Å². The summed E-state index contributed by atoms with van der Waals surface area (Å²) in [5.41, 5.74) is -2.21. The Bertz CT molecular complexity index is 1490. The van der Waals surface area contributed by atoms with Crippen molar-refractivity contribution in [3.63, 3.8) is 0 Å². The van der Waals surface area contributed by atoms with Crippen LogP contribution in [0.15, 0.2) is 18.2 Å². The number of hydrogen-bond acceptors (Lipinski definition) is 5. The Morgan fingerprint density at radius 3 is 2.52 bits per heavy atom. The summed E-state index contributed by atoms with van der Waals surface area (Å²) in [4.78, 5) is 56.7. The van der Waals surface area contributed by atoms with Crippen molar-refractivity contribution in [1.29, 1.82) is 5.26 Å². The number of likely N-dealkylation sites (tertiary alicyclic amines) is 2. The van der Waals surface area contributed by atoms with Gasteiger partial charge in [0, 0.05) is 19.5 Å². The maximum Gasteiger partial charge on any atom is 0.399 e. The molecule has 44 heavy (non-hydrogen) atoms. The summed E-state index contributed by atoms with van der Waals surface area (Å²) in [7, 11) is 0. The van der Waals surface area contributed by atoms with Gasteiger partial charge >= 0.3 is 11.3 Å². The number of nitriles is 1. The predicted octanol–water partition coefficient (Wildman–Crippen LogP) is 3.32. The molecule has 0 radical (unpaired) electrons. The first-order valence-corrected chi connectivity index (χ1v) is 15.0. The molecule has 1 spiro atoms. The van der Waals surface area contributed by atoms with E-state index in [0.717, 1.165) is 0 Å².